The number of aromatic nitrogens is 1. The van der Waals surface area contributed by atoms with Crippen LogP contribution in [0.5, 0.6) is 0 Å². The van der Waals surface area contributed by atoms with Crippen LogP contribution >= 0.6 is 0 Å². The van der Waals surface area contributed by atoms with E-state index in [1.807, 2.05) is 45.0 Å². The van der Waals surface area contributed by atoms with Gasteiger partial charge in [0.2, 0.25) is 11.8 Å². The van der Waals surface area contributed by atoms with Gasteiger partial charge in [-0.05, 0) is 54.7 Å². The molecule has 0 spiro atoms. The maximum absolute atomic E-state index is 13.7. The Morgan fingerprint density at radius 1 is 1.05 bits per heavy atom. The zero-order chi connectivity index (χ0) is 30.1. The van der Waals surface area contributed by atoms with Crippen LogP contribution in [0.2, 0.25) is 0 Å². The van der Waals surface area contributed by atoms with Crippen molar-refractivity contribution in [3.63, 3.8) is 0 Å². The van der Waals surface area contributed by atoms with Crippen LogP contribution in [0.1, 0.15) is 58.1 Å². The third-order valence-corrected chi connectivity index (χ3v) is 9.93. The van der Waals surface area contributed by atoms with Gasteiger partial charge in [-0.1, -0.05) is 45.7 Å². The van der Waals surface area contributed by atoms with Crippen LogP contribution in [0.15, 0.2) is 52.9 Å². The maximum Gasteiger partial charge on any atom is 0.226 e. The van der Waals surface area contributed by atoms with Crippen LogP contribution in [0.3, 0.4) is 0 Å². The fourth-order valence-electron chi connectivity index (χ4n) is 5.76. The second kappa shape index (κ2) is 11.9. The van der Waals surface area contributed by atoms with Gasteiger partial charge in [0, 0.05) is 41.7 Å². The third-order valence-electron chi connectivity index (χ3n) is 8.32. The first-order valence-corrected chi connectivity index (χ1v) is 16.3. The Morgan fingerprint density at radius 3 is 2.29 bits per heavy atom. The number of halogens is 1. The molecule has 10 heteroatoms. The number of hydrogen-bond acceptors (Lipinski definition) is 7. The first-order valence-electron chi connectivity index (χ1n) is 14.5. The molecule has 42 heavy (non-hydrogen) atoms. The summed E-state index contributed by atoms with van der Waals surface area (Å²) in [5, 5.41) is 12.7. The summed E-state index contributed by atoms with van der Waals surface area (Å²) in [6.45, 7) is 6.67. The highest BCUT2D eigenvalue weighted by Gasteiger charge is 2.39. The predicted molar refractivity (Wildman–Crippen MR) is 160 cm³/mol. The molecule has 1 N–H and O–H groups in total. The maximum atomic E-state index is 13.7. The van der Waals surface area contributed by atoms with Crippen molar-refractivity contribution in [1.82, 2.24) is 10.3 Å². The molecule has 222 valence electrons. The van der Waals surface area contributed by atoms with Crippen molar-refractivity contribution in [1.29, 1.82) is 5.26 Å². The van der Waals surface area contributed by atoms with Crippen molar-refractivity contribution in [2.24, 2.45) is 11.3 Å². The molecule has 2 aliphatic rings. The lowest BCUT2D eigenvalue weighted by Crippen LogP contribution is -2.46. The quantitative estimate of drug-likeness (QED) is 0.390. The molecule has 2 aromatic carbocycles. The van der Waals surface area contributed by atoms with E-state index in [1.54, 1.807) is 12.1 Å². The number of rotatable bonds is 6. The van der Waals surface area contributed by atoms with Crippen molar-refractivity contribution < 1.29 is 22.0 Å². The Kier molecular flexibility index (Phi) is 8.42. The minimum Gasteiger partial charge on any atom is -0.440 e. The van der Waals surface area contributed by atoms with Gasteiger partial charge in [-0.25, -0.2) is 17.8 Å². The largest absolute Gasteiger partial charge is 0.440 e. The van der Waals surface area contributed by atoms with Crippen molar-refractivity contribution in [3.05, 3.63) is 60.1 Å². The number of nitrogens with zero attached hydrogens (tertiary/aromatic N) is 3. The van der Waals surface area contributed by atoms with Gasteiger partial charge in [-0.15, -0.1) is 0 Å². The van der Waals surface area contributed by atoms with Gasteiger partial charge in [0.15, 0.2) is 9.84 Å². The lowest BCUT2D eigenvalue weighted by molar-refractivity contribution is -0.127. The highest BCUT2D eigenvalue weighted by atomic mass is 32.2. The van der Waals surface area contributed by atoms with Gasteiger partial charge in [0.05, 0.1) is 17.6 Å². The van der Waals surface area contributed by atoms with E-state index in [0.717, 1.165) is 30.5 Å². The lowest BCUT2D eigenvalue weighted by Gasteiger charge is -2.32. The van der Waals surface area contributed by atoms with Crippen molar-refractivity contribution in [2.45, 2.75) is 58.4 Å². The summed E-state index contributed by atoms with van der Waals surface area (Å²) in [5.74, 6) is 0.0619. The van der Waals surface area contributed by atoms with E-state index in [2.05, 4.69) is 16.3 Å². The molecule has 2 fully saturated rings. The molecule has 8 nitrogen and oxygen atoms in total. The predicted octanol–water partition coefficient (Wildman–Crippen LogP) is 5.71. The van der Waals surface area contributed by atoms with Crippen molar-refractivity contribution >= 4 is 21.4 Å². The van der Waals surface area contributed by atoms with Crippen LogP contribution in [0, 0.1) is 28.5 Å². The van der Waals surface area contributed by atoms with Gasteiger partial charge < -0.3 is 14.6 Å². The second-order valence-corrected chi connectivity index (χ2v) is 14.7. The standard InChI is InChI=1S/C32H37FN4O4S/c1-32(2,3)27(20-34)35-30(38)26-7-5-4-6-25(26)29-28(36-31(41-29)22-8-12-23(33)13-9-22)21-10-14-24(15-11-21)37-16-18-42(39,40)19-17-37/h8-15,25-27H,4-7,16-19H2,1-3H3,(H,35,38)/t25-,26-,27-/m1/s1. The number of anilines is 1. The number of carbonyl (C=O) groups is 1. The molecule has 1 amide bonds. The zero-order valence-corrected chi connectivity index (χ0v) is 25.1. The number of nitriles is 1. The minimum absolute atomic E-state index is 0.135. The van der Waals surface area contributed by atoms with Crippen LogP contribution in [0.25, 0.3) is 22.7 Å². The molecule has 5 rings (SSSR count). The van der Waals surface area contributed by atoms with E-state index in [4.69, 9.17) is 9.40 Å². The SMILES string of the molecule is CC(C)(C)[C@@H](C#N)NC(=O)[C@@H]1CCCC[C@H]1c1oc(-c2ccc(F)cc2)nc1-c1ccc(N2CCS(=O)(=O)CC2)cc1. The summed E-state index contributed by atoms with van der Waals surface area (Å²) in [7, 11) is -2.99. The summed E-state index contributed by atoms with van der Waals surface area (Å²) in [6, 6.07) is 15.4. The summed E-state index contributed by atoms with van der Waals surface area (Å²) in [6.07, 6.45) is 3.23. The van der Waals surface area contributed by atoms with E-state index < -0.39 is 21.3 Å². The number of amides is 1. The Labute approximate surface area is 246 Å². The Hall–Kier alpha value is -3.71. The molecule has 0 bridgehead atoms. The van der Waals surface area contributed by atoms with Gasteiger partial charge in [0.25, 0.3) is 0 Å². The smallest absolute Gasteiger partial charge is 0.226 e. The van der Waals surface area contributed by atoms with Gasteiger partial charge in [-0.3, -0.25) is 4.79 Å². The summed E-state index contributed by atoms with van der Waals surface area (Å²) < 4.78 is 43.9. The van der Waals surface area contributed by atoms with Crippen LogP contribution < -0.4 is 10.2 Å². The van der Waals surface area contributed by atoms with Crippen LogP contribution in [-0.2, 0) is 14.6 Å². The van der Waals surface area contributed by atoms with E-state index in [1.165, 1.54) is 12.1 Å². The number of carbonyl (C=O) groups excluding carboxylic acids is 1. The van der Waals surface area contributed by atoms with Gasteiger partial charge in [0.1, 0.15) is 23.3 Å². The van der Waals surface area contributed by atoms with E-state index in [-0.39, 0.29) is 35.1 Å². The average molecular weight is 593 g/mol. The number of nitrogens with one attached hydrogen (secondary N) is 1. The van der Waals surface area contributed by atoms with E-state index in [9.17, 15) is 22.9 Å². The second-order valence-electron chi connectivity index (χ2n) is 12.4. The molecule has 1 saturated heterocycles. The molecule has 2 heterocycles. The molecule has 3 aromatic rings. The molecule has 0 radical (unpaired) electrons. The van der Waals surface area contributed by atoms with Gasteiger partial charge >= 0.3 is 0 Å². The van der Waals surface area contributed by atoms with E-state index >= 15 is 0 Å². The monoisotopic (exact) mass is 592 g/mol. The molecule has 1 aliphatic heterocycles. The number of sulfone groups is 1. The number of hydrogen-bond donors (Lipinski definition) is 1. The molecule has 0 unspecified atom stereocenters. The molecule has 1 aliphatic carbocycles. The third kappa shape index (κ3) is 6.51. The lowest BCUT2D eigenvalue weighted by atomic mass is 9.76. The zero-order valence-electron chi connectivity index (χ0n) is 24.3. The topological polar surface area (TPSA) is 116 Å². The van der Waals surface area contributed by atoms with Crippen LogP contribution in [0.4, 0.5) is 10.1 Å². The summed E-state index contributed by atoms with van der Waals surface area (Å²) in [5.41, 5.74) is 2.58. The van der Waals surface area contributed by atoms with Crippen molar-refractivity contribution in [3.8, 4) is 28.8 Å². The number of oxazole rings is 1. The Morgan fingerprint density at radius 2 is 1.67 bits per heavy atom. The normalized spacial score (nSPS) is 21.4. The van der Waals surface area contributed by atoms with Crippen LogP contribution in [-0.4, -0.2) is 49.9 Å². The molecular formula is C32H37FN4O4S. The van der Waals surface area contributed by atoms with E-state index in [0.29, 0.717) is 42.4 Å². The highest BCUT2D eigenvalue weighted by molar-refractivity contribution is 7.91. The molecular weight excluding hydrogens is 555 g/mol. The highest BCUT2D eigenvalue weighted by Crippen LogP contribution is 2.44. The molecule has 1 aromatic heterocycles. The Balaban J connectivity index is 1.50. The average Bonchev–Trinajstić information content (AvgIpc) is 3.41. The molecule has 3 atom stereocenters. The van der Waals surface area contributed by atoms with Crippen molar-refractivity contribution in [2.75, 3.05) is 29.5 Å². The number of benzene rings is 2. The summed E-state index contributed by atoms with van der Waals surface area (Å²) in [4.78, 5) is 20.5. The fraction of sp³-hybridized carbons (Fsp3) is 0.469. The first kappa shape index (κ1) is 29.8. The summed E-state index contributed by atoms with van der Waals surface area (Å²) >= 11 is 0. The fourth-order valence-corrected chi connectivity index (χ4v) is 6.96. The molecule has 1 saturated carbocycles. The minimum atomic E-state index is -2.99. The first-order chi connectivity index (χ1) is 19.9. The van der Waals surface area contributed by atoms with Gasteiger partial charge in [-0.2, -0.15) is 5.26 Å². The Bertz CT molecular complexity index is 1560.